The number of aliphatic imine (C=N–C) groups is 1. The molecule has 1 aliphatic rings. The van der Waals surface area contributed by atoms with E-state index in [1.165, 1.54) is 23.6 Å². The van der Waals surface area contributed by atoms with E-state index in [1.54, 1.807) is 0 Å². The largest absolute Gasteiger partial charge is 0.502 e. The van der Waals surface area contributed by atoms with Crippen molar-refractivity contribution in [3.8, 4) is 0 Å². The fraction of sp³-hybridized carbons (Fsp3) is 0.0667. The number of azo groups is 1. The molecule has 0 radical (unpaired) electrons. The summed E-state index contributed by atoms with van der Waals surface area (Å²) in [4.78, 5) is 15.6. The molecule has 0 spiro atoms. The average Bonchev–Trinajstić information content (AvgIpc) is 3.26. The molecule has 3 rings (SSSR count). The lowest BCUT2D eigenvalue weighted by Gasteiger charge is -2.01. The lowest BCUT2D eigenvalue weighted by molar-refractivity contribution is -0.117. The third-order valence-corrected chi connectivity index (χ3v) is 6.50. The van der Waals surface area contributed by atoms with Crippen molar-refractivity contribution in [2.75, 3.05) is 0 Å². The Balaban J connectivity index is 1.82. The second kappa shape index (κ2) is 6.65. The van der Waals surface area contributed by atoms with Crippen LogP contribution in [0.1, 0.15) is 5.56 Å². The number of halogens is 1. The Hall–Kier alpha value is -2.72. The Labute approximate surface area is 145 Å². The van der Waals surface area contributed by atoms with Gasteiger partial charge in [-0.05, 0) is 41.3 Å². The van der Waals surface area contributed by atoms with Crippen LogP contribution in [0.5, 0.6) is 0 Å². The highest BCUT2D eigenvalue weighted by atomic mass is 32.2. The number of aliphatic hydroxyl groups is 1. The first-order chi connectivity index (χ1) is 11.9. The third-order valence-electron chi connectivity index (χ3n) is 3.24. The molecule has 0 unspecified atom stereocenters. The van der Waals surface area contributed by atoms with E-state index in [-0.39, 0.29) is 21.3 Å². The second-order valence-corrected chi connectivity index (χ2v) is 8.05. The predicted molar refractivity (Wildman–Crippen MR) is 87.9 cm³/mol. The van der Waals surface area contributed by atoms with E-state index in [0.29, 0.717) is 5.56 Å². The molecule has 25 heavy (non-hydrogen) atoms. The van der Waals surface area contributed by atoms with Gasteiger partial charge in [-0.25, -0.2) is 17.8 Å². The van der Waals surface area contributed by atoms with Crippen LogP contribution in [0.3, 0.4) is 0 Å². The summed E-state index contributed by atoms with van der Waals surface area (Å²) in [6.45, 7) is 0. The Morgan fingerprint density at radius 1 is 1.24 bits per heavy atom. The number of sulfone groups is 1. The van der Waals surface area contributed by atoms with Crippen LogP contribution in [-0.2, 0) is 21.1 Å². The number of Topliss-reactive ketones (excluding diaryl/α,β-unsaturated/α-hetero) is 1. The van der Waals surface area contributed by atoms with E-state index in [2.05, 4.69) is 15.2 Å². The van der Waals surface area contributed by atoms with Crippen LogP contribution in [0.25, 0.3) is 0 Å². The number of thiophene rings is 1. The van der Waals surface area contributed by atoms with E-state index in [4.69, 9.17) is 0 Å². The second-order valence-electron chi connectivity index (χ2n) is 4.96. The lowest BCUT2D eigenvalue weighted by Crippen LogP contribution is -2.07. The molecule has 1 aromatic heterocycles. The number of carbonyl (C=O) groups is 1. The standard InChI is InChI=1S/C15H10FN3O4S2/c16-10-1-3-11(4-2-10)25(22,23)13-6-9(7-24-13)5-12(20)14(21)15-17-8-18-19-15/h1-4,6-8,21H,5H2. The smallest absolute Gasteiger partial charge is 0.222 e. The van der Waals surface area contributed by atoms with Crippen molar-refractivity contribution < 1.29 is 22.7 Å². The minimum Gasteiger partial charge on any atom is -0.502 e. The highest BCUT2D eigenvalue weighted by Crippen LogP contribution is 2.28. The van der Waals surface area contributed by atoms with Crippen LogP contribution in [0.15, 0.2) is 71.6 Å². The minimum atomic E-state index is -3.80. The van der Waals surface area contributed by atoms with Crippen molar-refractivity contribution >= 4 is 33.3 Å². The van der Waals surface area contributed by atoms with Gasteiger partial charge in [0.1, 0.15) is 16.4 Å². The van der Waals surface area contributed by atoms with Crippen LogP contribution in [0.4, 0.5) is 4.39 Å². The fourth-order valence-corrected chi connectivity index (χ4v) is 4.62. The molecule has 0 saturated heterocycles. The van der Waals surface area contributed by atoms with E-state index < -0.39 is 27.2 Å². The molecule has 0 saturated carbocycles. The number of nitrogens with zero attached hydrogens (tertiary/aromatic N) is 3. The molecule has 0 atom stereocenters. The van der Waals surface area contributed by atoms with Crippen LogP contribution in [-0.4, -0.2) is 25.6 Å². The Bertz CT molecular complexity index is 1010. The monoisotopic (exact) mass is 379 g/mol. The fourth-order valence-electron chi connectivity index (χ4n) is 2.01. The number of ketones is 1. The summed E-state index contributed by atoms with van der Waals surface area (Å²) < 4.78 is 37.9. The Morgan fingerprint density at radius 2 is 1.96 bits per heavy atom. The Morgan fingerprint density at radius 3 is 2.60 bits per heavy atom. The molecule has 0 amide bonds. The van der Waals surface area contributed by atoms with Gasteiger partial charge in [-0.2, -0.15) is 0 Å². The first-order valence-electron chi connectivity index (χ1n) is 6.86. The van der Waals surface area contributed by atoms with Crippen molar-refractivity contribution in [2.45, 2.75) is 15.5 Å². The van der Waals surface area contributed by atoms with Crippen molar-refractivity contribution in [1.29, 1.82) is 0 Å². The maximum absolute atomic E-state index is 12.9. The molecule has 1 N–H and O–H groups in total. The quantitative estimate of drug-likeness (QED) is 0.489. The number of carbonyl (C=O) groups excluding carboxylic acids is 1. The molecule has 0 bridgehead atoms. The highest BCUT2D eigenvalue weighted by molar-refractivity contribution is 7.93. The van der Waals surface area contributed by atoms with Crippen molar-refractivity contribution in [1.82, 2.24) is 0 Å². The first-order valence-corrected chi connectivity index (χ1v) is 9.22. The predicted octanol–water partition coefficient (Wildman–Crippen LogP) is 3.05. The van der Waals surface area contributed by atoms with Gasteiger partial charge in [-0.15, -0.1) is 21.6 Å². The topological polar surface area (TPSA) is 109 Å². The zero-order valence-electron chi connectivity index (χ0n) is 12.5. The zero-order chi connectivity index (χ0) is 18.0. The molecule has 0 aliphatic carbocycles. The van der Waals surface area contributed by atoms with E-state index >= 15 is 0 Å². The summed E-state index contributed by atoms with van der Waals surface area (Å²) in [7, 11) is -3.80. The molecule has 10 heteroatoms. The van der Waals surface area contributed by atoms with Gasteiger partial charge in [-0.1, -0.05) is 0 Å². The van der Waals surface area contributed by atoms with Crippen LogP contribution >= 0.6 is 11.3 Å². The van der Waals surface area contributed by atoms with Gasteiger partial charge in [0.2, 0.25) is 27.2 Å². The normalized spacial score (nSPS) is 15.6. The number of hydrogen-bond donors (Lipinski definition) is 1. The molecule has 2 heterocycles. The molecule has 1 aromatic carbocycles. The van der Waals surface area contributed by atoms with Crippen molar-refractivity contribution in [3.63, 3.8) is 0 Å². The molecular weight excluding hydrogens is 369 g/mol. The van der Waals surface area contributed by atoms with Crippen LogP contribution in [0.2, 0.25) is 0 Å². The van der Waals surface area contributed by atoms with Gasteiger partial charge in [0.25, 0.3) is 0 Å². The molecular formula is C15H10FN3O4S2. The number of rotatable bonds is 5. The summed E-state index contributed by atoms with van der Waals surface area (Å²) in [5.74, 6) is -2.01. The number of allylic oxidation sites excluding steroid dienone is 1. The molecule has 0 fully saturated rings. The molecule has 128 valence electrons. The number of aliphatic hydroxyl groups excluding tert-OH is 1. The zero-order valence-corrected chi connectivity index (χ0v) is 14.1. The summed E-state index contributed by atoms with van der Waals surface area (Å²) in [5.41, 5.74) is 0.418. The van der Waals surface area contributed by atoms with Crippen LogP contribution < -0.4 is 0 Å². The minimum absolute atomic E-state index is 0.0209. The van der Waals surface area contributed by atoms with Gasteiger partial charge < -0.3 is 5.11 Å². The van der Waals surface area contributed by atoms with Crippen molar-refractivity contribution in [3.05, 3.63) is 58.7 Å². The van der Waals surface area contributed by atoms with Gasteiger partial charge >= 0.3 is 0 Å². The van der Waals surface area contributed by atoms with E-state index in [9.17, 15) is 22.7 Å². The first kappa shape index (κ1) is 17.1. The van der Waals surface area contributed by atoms with Crippen molar-refractivity contribution in [2.24, 2.45) is 15.2 Å². The highest BCUT2D eigenvalue weighted by Gasteiger charge is 2.22. The third kappa shape index (κ3) is 3.54. The van der Waals surface area contributed by atoms with Gasteiger partial charge in [-0.3, -0.25) is 4.79 Å². The average molecular weight is 379 g/mol. The van der Waals surface area contributed by atoms with E-state index in [0.717, 1.165) is 29.8 Å². The maximum Gasteiger partial charge on any atom is 0.222 e. The molecule has 2 aromatic rings. The summed E-state index contributed by atoms with van der Waals surface area (Å²) in [6.07, 6.45) is 0.882. The SMILES string of the molecule is O=C(Cc1csc(S(=O)(=O)c2ccc(F)cc2)c1)C(O)=C1N=CN=N1. The van der Waals surface area contributed by atoms with Gasteiger partial charge in [0.05, 0.1) is 4.90 Å². The lowest BCUT2D eigenvalue weighted by atomic mass is 10.1. The molecule has 7 nitrogen and oxygen atoms in total. The maximum atomic E-state index is 12.9. The van der Waals surface area contributed by atoms with Gasteiger partial charge in [0, 0.05) is 6.42 Å². The summed E-state index contributed by atoms with van der Waals surface area (Å²) in [5, 5.41) is 18.2. The Kier molecular flexibility index (Phi) is 4.55. The summed E-state index contributed by atoms with van der Waals surface area (Å²) >= 11 is 0.938. The van der Waals surface area contributed by atoms with E-state index in [1.807, 2.05) is 0 Å². The summed E-state index contributed by atoms with van der Waals surface area (Å²) in [6, 6.07) is 5.82. The number of benzene rings is 1. The van der Waals surface area contributed by atoms with Crippen LogP contribution in [0, 0.1) is 5.82 Å². The number of hydrogen-bond acceptors (Lipinski definition) is 8. The molecule has 1 aliphatic heterocycles. The van der Waals surface area contributed by atoms with Gasteiger partial charge in [0.15, 0.2) is 0 Å².